The molecule has 7 heteroatoms. The van der Waals surface area contributed by atoms with Crippen LogP contribution in [0.25, 0.3) is 0 Å². The van der Waals surface area contributed by atoms with Gasteiger partial charge in [-0.2, -0.15) is 5.10 Å². The van der Waals surface area contributed by atoms with Gasteiger partial charge in [-0.3, -0.25) is 9.48 Å². The molecule has 7 nitrogen and oxygen atoms in total. The number of carbonyl (C=O) groups is 1. The summed E-state index contributed by atoms with van der Waals surface area (Å²) in [5, 5.41) is 14.9. The fourth-order valence-electron chi connectivity index (χ4n) is 3.21. The van der Waals surface area contributed by atoms with Crippen LogP contribution in [-0.2, 0) is 22.6 Å². The lowest BCUT2D eigenvalue weighted by molar-refractivity contribution is -0.254. The third-order valence-electron chi connectivity index (χ3n) is 4.37. The molecule has 1 amide bonds. The van der Waals surface area contributed by atoms with Gasteiger partial charge in [0, 0.05) is 25.6 Å². The highest BCUT2D eigenvalue weighted by molar-refractivity contribution is 5.95. The van der Waals surface area contributed by atoms with Crippen molar-refractivity contribution in [3.8, 4) is 0 Å². The zero-order valence-corrected chi connectivity index (χ0v) is 14.3. The highest BCUT2D eigenvalue weighted by atomic mass is 16.6. The van der Waals surface area contributed by atoms with E-state index in [0.29, 0.717) is 19.5 Å². The number of aliphatic hydroxyl groups is 1. The maximum Gasteiger partial charge on any atom is 0.227 e. The molecule has 0 bridgehead atoms. The van der Waals surface area contributed by atoms with E-state index in [1.54, 1.807) is 6.20 Å². The van der Waals surface area contributed by atoms with E-state index in [1.807, 2.05) is 42.2 Å². The van der Waals surface area contributed by atoms with Gasteiger partial charge in [-0.25, -0.2) is 4.90 Å². The minimum atomic E-state index is -0.976. The Morgan fingerprint density at radius 3 is 2.78 bits per heavy atom. The number of anilines is 1. The van der Waals surface area contributed by atoms with Crippen molar-refractivity contribution in [2.75, 3.05) is 11.4 Å². The molecular weight excluding hydrogens is 296 g/mol. The number of nitrogens with zero attached hydrogens (tertiary/aromatic N) is 4. The van der Waals surface area contributed by atoms with Crippen LogP contribution in [0.1, 0.15) is 46.2 Å². The predicted molar refractivity (Wildman–Crippen MR) is 85.7 cm³/mol. The van der Waals surface area contributed by atoms with Crippen molar-refractivity contribution in [3.05, 3.63) is 11.9 Å². The van der Waals surface area contributed by atoms with Crippen molar-refractivity contribution in [3.63, 3.8) is 0 Å². The van der Waals surface area contributed by atoms with Crippen molar-refractivity contribution in [2.45, 2.75) is 71.7 Å². The van der Waals surface area contributed by atoms with E-state index in [1.165, 1.54) is 0 Å². The smallest absolute Gasteiger partial charge is 0.227 e. The van der Waals surface area contributed by atoms with E-state index in [0.717, 1.165) is 24.3 Å². The summed E-state index contributed by atoms with van der Waals surface area (Å²) >= 11 is 0. The molecule has 0 spiro atoms. The third kappa shape index (κ3) is 3.27. The second kappa shape index (κ2) is 5.89. The molecule has 1 saturated heterocycles. The summed E-state index contributed by atoms with van der Waals surface area (Å²) in [6.07, 6.45) is 2.28. The fourth-order valence-corrected chi connectivity index (χ4v) is 3.21. The Kier molecular flexibility index (Phi) is 4.20. The Morgan fingerprint density at radius 2 is 2.17 bits per heavy atom. The number of aliphatic hydroxyl groups excluding tert-OH is 1. The number of hydrogen-bond donors (Lipinski definition) is 1. The Labute approximate surface area is 136 Å². The van der Waals surface area contributed by atoms with E-state index in [4.69, 9.17) is 4.74 Å². The first-order valence-corrected chi connectivity index (χ1v) is 8.23. The SMILES string of the molecule is CC1Cn2ncc(N3CCCC3=O)c2CN1C(O)OC(C)(C)C. The molecule has 1 fully saturated rings. The Bertz CT molecular complexity index is 593. The molecule has 0 saturated carbocycles. The molecule has 128 valence electrons. The van der Waals surface area contributed by atoms with Gasteiger partial charge in [-0.05, 0) is 34.1 Å². The van der Waals surface area contributed by atoms with Crippen LogP contribution in [0.5, 0.6) is 0 Å². The maximum absolute atomic E-state index is 12.0. The summed E-state index contributed by atoms with van der Waals surface area (Å²) in [5.74, 6) is 0.150. The van der Waals surface area contributed by atoms with Gasteiger partial charge in [0.1, 0.15) is 0 Å². The summed E-state index contributed by atoms with van der Waals surface area (Å²) in [7, 11) is 0. The van der Waals surface area contributed by atoms with E-state index in [2.05, 4.69) is 5.10 Å². The Morgan fingerprint density at radius 1 is 1.43 bits per heavy atom. The van der Waals surface area contributed by atoms with E-state index >= 15 is 0 Å². The molecular formula is C16H26N4O3. The molecule has 1 aromatic heterocycles. The average Bonchev–Trinajstić information content (AvgIpc) is 3.01. The molecule has 1 aromatic rings. The van der Waals surface area contributed by atoms with Gasteiger partial charge in [0.2, 0.25) is 12.3 Å². The van der Waals surface area contributed by atoms with Crippen LogP contribution in [0.3, 0.4) is 0 Å². The number of rotatable bonds is 3. The lowest BCUT2D eigenvalue weighted by Gasteiger charge is -2.39. The first-order valence-electron chi connectivity index (χ1n) is 8.23. The second-order valence-electron chi connectivity index (χ2n) is 7.39. The minimum absolute atomic E-state index is 0.0990. The molecule has 2 aliphatic heterocycles. The van der Waals surface area contributed by atoms with Crippen molar-refractivity contribution < 1.29 is 14.6 Å². The fraction of sp³-hybridized carbons (Fsp3) is 0.750. The largest absolute Gasteiger partial charge is 0.356 e. The standard InChI is InChI=1S/C16H26N4O3/c1-11-9-20-13(10-19(11)15(22)23-16(2,3)4)12(8-17-20)18-7-5-6-14(18)21/h8,11,15,22H,5-7,9-10H2,1-4H3. The molecule has 3 rings (SSSR count). The molecule has 0 radical (unpaired) electrons. The van der Waals surface area contributed by atoms with Crippen LogP contribution >= 0.6 is 0 Å². The molecule has 23 heavy (non-hydrogen) atoms. The first kappa shape index (κ1) is 16.4. The summed E-state index contributed by atoms with van der Waals surface area (Å²) in [4.78, 5) is 15.7. The van der Waals surface area contributed by atoms with Gasteiger partial charge < -0.3 is 14.7 Å². The zero-order valence-electron chi connectivity index (χ0n) is 14.3. The van der Waals surface area contributed by atoms with Gasteiger partial charge in [-0.1, -0.05) is 0 Å². The molecule has 2 aliphatic rings. The quantitative estimate of drug-likeness (QED) is 0.850. The van der Waals surface area contributed by atoms with Gasteiger partial charge in [-0.15, -0.1) is 0 Å². The molecule has 0 aliphatic carbocycles. The number of amides is 1. The van der Waals surface area contributed by atoms with E-state index < -0.39 is 12.0 Å². The van der Waals surface area contributed by atoms with Crippen molar-refractivity contribution in [2.24, 2.45) is 0 Å². The van der Waals surface area contributed by atoms with E-state index in [-0.39, 0.29) is 11.9 Å². The number of hydrogen-bond acceptors (Lipinski definition) is 5. The lowest BCUT2D eigenvalue weighted by atomic mass is 10.1. The van der Waals surface area contributed by atoms with Crippen LogP contribution in [0.2, 0.25) is 0 Å². The topological polar surface area (TPSA) is 70.8 Å². The van der Waals surface area contributed by atoms with Crippen LogP contribution in [-0.4, -0.2) is 50.3 Å². The summed E-state index contributed by atoms with van der Waals surface area (Å²) in [6.45, 7) is 9.73. The average molecular weight is 322 g/mol. The second-order valence-corrected chi connectivity index (χ2v) is 7.39. The maximum atomic E-state index is 12.0. The zero-order chi connectivity index (χ0) is 16.8. The van der Waals surface area contributed by atoms with Gasteiger partial charge in [0.25, 0.3) is 0 Å². The number of carbonyl (C=O) groups excluding carboxylic acids is 1. The molecule has 3 heterocycles. The molecule has 2 atom stereocenters. The molecule has 2 unspecified atom stereocenters. The number of fused-ring (bicyclic) bond motifs is 1. The van der Waals surface area contributed by atoms with Crippen molar-refractivity contribution in [1.82, 2.24) is 14.7 Å². The summed E-state index contributed by atoms with van der Waals surface area (Å²) < 4.78 is 7.63. The van der Waals surface area contributed by atoms with Crippen LogP contribution in [0, 0.1) is 0 Å². The van der Waals surface area contributed by atoms with Gasteiger partial charge in [0.15, 0.2) is 0 Å². The van der Waals surface area contributed by atoms with E-state index in [9.17, 15) is 9.90 Å². The van der Waals surface area contributed by atoms with Crippen molar-refractivity contribution in [1.29, 1.82) is 0 Å². The molecule has 1 N–H and O–H groups in total. The van der Waals surface area contributed by atoms with Crippen LogP contribution in [0.15, 0.2) is 6.20 Å². The van der Waals surface area contributed by atoms with Crippen LogP contribution < -0.4 is 4.90 Å². The normalized spacial score (nSPS) is 24.1. The van der Waals surface area contributed by atoms with Crippen molar-refractivity contribution >= 4 is 11.6 Å². The minimum Gasteiger partial charge on any atom is -0.356 e. The highest BCUT2D eigenvalue weighted by Crippen LogP contribution is 2.31. The monoisotopic (exact) mass is 322 g/mol. The third-order valence-corrected chi connectivity index (χ3v) is 4.37. The Balaban J connectivity index is 1.83. The summed E-state index contributed by atoms with van der Waals surface area (Å²) in [6, 6.07) is 0.0990. The number of ether oxygens (including phenoxy) is 1. The Hall–Kier alpha value is -1.44. The molecule has 0 aromatic carbocycles. The number of aromatic nitrogens is 2. The highest BCUT2D eigenvalue weighted by Gasteiger charge is 2.35. The van der Waals surface area contributed by atoms with Crippen LogP contribution in [0.4, 0.5) is 5.69 Å². The van der Waals surface area contributed by atoms with Gasteiger partial charge in [0.05, 0.1) is 29.7 Å². The lowest BCUT2D eigenvalue weighted by Crippen LogP contribution is -2.50. The predicted octanol–water partition coefficient (Wildman–Crippen LogP) is 1.30. The van der Waals surface area contributed by atoms with Gasteiger partial charge >= 0.3 is 0 Å². The first-order chi connectivity index (χ1) is 10.8. The summed E-state index contributed by atoms with van der Waals surface area (Å²) in [5.41, 5.74) is 1.41.